The zero-order chi connectivity index (χ0) is 15.6. The summed E-state index contributed by atoms with van der Waals surface area (Å²) in [5.74, 6) is -1.14. The van der Waals surface area contributed by atoms with Gasteiger partial charge in [-0.15, -0.1) is 11.3 Å². The number of halogens is 2. The highest BCUT2D eigenvalue weighted by Gasteiger charge is 2.19. The predicted octanol–water partition coefficient (Wildman–Crippen LogP) is 2.84. The summed E-state index contributed by atoms with van der Waals surface area (Å²) in [6.07, 6.45) is 0. The number of nitrogens with one attached hydrogen (secondary N) is 1. The monoisotopic (exact) mass is 454 g/mol. The van der Waals surface area contributed by atoms with Gasteiger partial charge in [0.1, 0.15) is 5.01 Å². The fourth-order valence-corrected chi connectivity index (χ4v) is 4.69. The first kappa shape index (κ1) is 16.6. The Bertz CT molecular complexity index is 789. The van der Waals surface area contributed by atoms with E-state index in [1.807, 2.05) is 0 Å². The largest absolute Gasteiger partial charge is 0.476 e. The number of nitrogens with zero attached hydrogens (tertiary/aromatic N) is 1. The van der Waals surface area contributed by atoms with Gasteiger partial charge in [-0.3, -0.25) is 0 Å². The molecule has 0 fully saturated rings. The summed E-state index contributed by atoms with van der Waals surface area (Å²) >= 11 is 7.48. The molecule has 1 aromatic heterocycles. The van der Waals surface area contributed by atoms with E-state index in [1.165, 1.54) is 11.4 Å². The van der Waals surface area contributed by atoms with Crippen molar-refractivity contribution in [3.63, 3.8) is 0 Å². The number of carboxylic acid groups (broad SMARTS) is 1. The van der Waals surface area contributed by atoms with Crippen LogP contribution in [0.15, 0.2) is 37.4 Å². The molecule has 0 amide bonds. The van der Waals surface area contributed by atoms with Gasteiger partial charge in [0.25, 0.3) is 0 Å². The summed E-state index contributed by atoms with van der Waals surface area (Å²) in [5.41, 5.74) is -0.0992. The summed E-state index contributed by atoms with van der Waals surface area (Å²) in [5, 5.41) is 10.5. The van der Waals surface area contributed by atoms with Crippen LogP contribution in [0.25, 0.3) is 0 Å². The van der Waals surface area contributed by atoms with Crippen LogP contribution in [0, 0.1) is 0 Å². The highest BCUT2D eigenvalue weighted by Crippen LogP contribution is 2.25. The van der Waals surface area contributed by atoms with E-state index in [0.717, 1.165) is 11.3 Å². The van der Waals surface area contributed by atoms with Crippen molar-refractivity contribution < 1.29 is 18.3 Å². The Morgan fingerprint density at radius 2 is 2.10 bits per heavy atom. The Hall–Kier alpha value is -0.810. The van der Waals surface area contributed by atoms with E-state index < -0.39 is 16.0 Å². The Morgan fingerprint density at radius 3 is 2.71 bits per heavy atom. The molecular formula is C11H8Br2N2O4S2. The standard InChI is InChI=1S/C11H8Br2N2O4S2/c12-6-1-2-7(13)9(3-6)21(18,19)14-4-10-15-8(5-20-10)11(16)17/h1-3,5,14H,4H2,(H,16,17). The van der Waals surface area contributed by atoms with Crippen LogP contribution in [-0.2, 0) is 16.6 Å². The molecule has 0 aliphatic heterocycles. The number of carboxylic acids is 1. The third-order valence-electron chi connectivity index (χ3n) is 2.37. The molecule has 2 N–H and O–H groups in total. The minimum Gasteiger partial charge on any atom is -0.476 e. The number of rotatable bonds is 5. The van der Waals surface area contributed by atoms with Gasteiger partial charge >= 0.3 is 5.97 Å². The lowest BCUT2D eigenvalue weighted by Crippen LogP contribution is -2.23. The highest BCUT2D eigenvalue weighted by molar-refractivity contribution is 9.11. The van der Waals surface area contributed by atoms with Crippen LogP contribution < -0.4 is 4.72 Å². The van der Waals surface area contributed by atoms with E-state index in [1.54, 1.807) is 12.1 Å². The lowest BCUT2D eigenvalue weighted by Gasteiger charge is -2.07. The molecule has 1 aromatic carbocycles. The fourth-order valence-electron chi connectivity index (χ4n) is 1.41. The smallest absolute Gasteiger partial charge is 0.355 e. The van der Waals surface area contributed by atoms with E-state index in [0.29, 0.717) is 14.0 Å². The number of sulfonamides is 1. The maximum absolute atomic E-state index is 12.2. The molecule has 10 heteroatoms. The van der Waals surface area contributed by atoms with E-state index in [4.69, 9.17) is 5.11 Å². The molecule has 0 saturated heterocycles. The fraction of sp³-hybridized carbons (Fsp3) is 0.0909. The molecular weight excluding hydrogens is 448 g/mol. The molecule has 21 heavy (non-hydrogen) atoms. The van der Waals surface area contributed by atoms with Gasteiger partial charge < -0.3 is 5.11 Å². The van der Waals surface area contributed by atoms with Gasteiger partial charge in [0, 0.05) is 14.3 Å². The normalized spacial score (nSPS) is 11.5. The Kier molecular flexibility index (Phi) is 5.15. The minimum absolute atomic E-state index is 0.0702. The van der Waals surface area contributed by atoms with E-state index in [9.17, 15) is 13.2 Å². The molecule has 0 spiro atoms. The molecule has 0 saturated carbocycles. The maximum Gasteiger partial charge on any atom is 0.355 e. The molecule has 6 nitrogen and oxygen atoms in total. The van der Waals surface area contributed by atoms with Crippen molar-refractivity contribution in [3.8, 4) is 0 Å². The van der Waals surface area contributed by atoms with Crippen molar-refractivity contribution in [2.75, 3.05) is 0 Å². The molecule has 0 bridgehead atoms. The number of thiazole rings is 1. The lowest BCUT2D eigenvalue weighted by molar-refractivity contribution is 0.0691. The van der Waals surface area contributed by atoms with Gasteiger partial charge in [0.2, 0.25) is 10.0 Å². The van der Waals surface area contributed by atoms with Crippen LogP contribution in [0.3, 0.4) is 0 Å². The summed E-state index contributed by atoms with van der Waals surface area (Å²) in [4.78, 5) is 14.6. The molecule has 112 valence electrons. The number of carbonyl (C=O) groups is 1. The van der Waals surface area contributed by atoms with Crippen molar-refractivity contribution in [2.24, 2.45) is 0 Å². The Morgan fingerprint density at radius 1 is 1.38 bits per heavy atom. The van der Waals surface area contributed by atoms with Crippen molar-refractivity contribution in [1.29, 1.82) is 0 Å². The highest BCUT2D eigenvalue weighted by atomic mass is 79.9. The number of aromatic nitrogens is 1. The zero-order valence-corrected chi connectivity index (χ0v) is 15.0. The minimum atomic E-state index is -3.73. The first-order chi connectivity index (χ1) is 9.79. The number of hydrogen-bond acceptors (Lipinski definition) is 5. The summed E-state index contributed by atoms with van der Waals surface area (Å²) in [6.45, 7) is -0.0702. The molecule has 2 rings (SSSR count). The molecule has 0 aliphatic rings. The van der Waals surface area contributed by atoms with Crippen molar-refractivity contribution >= 4 is 59.2 Å². The van der Waals surface area contributed by atoms with Gasteiger partial charge in [-0.1, -0.05) is 15.9 Å². The van der Waals surface area contributed by atoms with E-state index >= 15 is 0 Å². The van der Waals surface area contributed by atoms with Gasteiger partial charge in [-0.05, 0) is 34.1 Å². The Balaban J connectivity index is 2.17. The van der Waals surface area contributed by atoms with Crippen LogP contribution in [0.2, 0.25) is 0 Å². The van der Waals surface area contributed by atoms with Crippen molar-refractivity contribution in [3.05, 3.63) is 43.2 Å². The second-order valence-electron chi connectivity index (χ2n) is 3.83. The van der Waals surface area contributed by atoms with Gasteiger partial charge in [0.15, 0.2) is 5.69 Å². The second kappa shape index (κ2) is 6.53. The van der Waals surface area contributed by atoms with Crippen LogP contribution in [-0.4, -0.2) is 24.5 Å². The second-order valence-corrected chi connectivity index (χ2v) is 8.28. The average molecular weight is 456 g/mol. The number of hydrogen-bond donors (Lipinski definition) is 2. The molecule has 2 aromatic rings. The van der Waals surface area contributed by atoms with Crippen molar-refractivity contribution in [1.82, 2.24) is 9.71 Å². The lowest BCUT2D eigenvalue weighted by atomic mass is 10.4. The third kappa shape index (κ3) is 4.10. The van der Waals surface area contributed by atoms with Crippen LogP contribution in [0.1, 0.15) is 15.5 Å². The van der Waals surface area contributed by atoms with Crippen LogP contribution in [0.5, 0.6) is 0 Å². The quantitative estimate of drug-likeness (QED) is 0.722. The molecule has 1 heterocycles. The van der Waals surface area contributed by atoms with E-state index in [-0.39, 0.29) is 17.1 Å². The third-order valence-corrected chi connectivity index (χ3v) is 6.10. The summed E-state index contributed by atoms with van der Waals surface area (Å²) < 4.78 is 27.9. The Labute approximate surface area is 141 Å². The average Bonchev–Trinajstić information content (AvgIpc) is 2.88. The van der Waals surface area contributed by atoms with E-state index in [2.05, 4.69) is 41.6 Å². The van der Waals surface area contributed by atoms with Crippen molar-refractivity contribution in [2.45, 2.75) is 11.4 Å². The van der Waals surface area contributed by atoms with Gasteiger partial charge in [0.05, 0.1) is 11.4 Å². The first-order valence-electron chi connectivity index (χ1n) is 5.42. The summed E-state index contributed by atoms with van der Waals surface area (Å²) in [7, 11) is -3.73. The van der Waals surface area contributed by atoms with Crippen LogP contribution >= 0.6 is 43.2 Å². The molecule has 0 aliphatic carbocycles. The molecule has 0 unspecified atom stereocenters. The summed E-state index contributed by atoms with van der Waals surface area (Å²) in [6, 6.07) is 4.80. The first-order valence-corrected chi connectivity index (χ1v) is 9.37. The van der Waals surface area contributed by atoms with Crippen LogP contribution in [0.4, 0.5) is 0 Å². The molecule has 0 radical (unpaired) electrons. The predicted molar refractivity (Wildman–Crippen MR) is 84.9 cm³/mol. The topological polar surface area (TPSA) is 96.4 Å². The van der Waals surface area contributed by atoms with Gasteiger partial charge in [-0.25, -0.2) is 22.9 Å². The zero-order valence-electron chi connectivity index (χ0n) is 10.2. The number of benzene rings is 1. The number of aromatic carboxylic acids is 1. The molecule has 0 atom stereocenters. The SMILES string of the molecule is O=C(O)c1csc(CNS(=O)(=O)c2cc(Br)ccc2Br)n1. The van der Waals surface area contributed by atoms with Gasteiger partial charge in [-0.2, -0.15) is 0 Å². The maximum atomic E-state index is 12.2.